The van der Waals surface area contributed by atoms with Crippen LogP contribution in [0.3, 0.4) is 0 Å². The highest BCUT2D eigenvalue weighted by Gasteiger charge is 2.24. The number of ether oxygens (including phenoxy) is 2. The number of nitro groups is 1. The molecule has 1 aromatic heterocycles. The SMILES string of the molecule is NC(=O)N1CCOCC1.O=C(O)c1nc2cc(N3CCOCC3)c([N+](=O)[O-])cc2[nH]c1=O. The van der Waals surface area contributed by atoms with Gasteiger partial charge in [-0.15, -0.1) is 0 Å². The monoisotopic (exact) mass is 450 g/mol. The van der Waals surface area contributed by atoms with Crippen LogP contribution in [0.4, 0.5) is 16.2 Å². The molecule has 0 radical (unpaired) electrons. The van der Waals surface area contributed by atoms with E-state index in [0.29, 0.717) is 58.3 Å². The maximum Gasteiger partial charge on any atom is 0.360 e. The number of hydrogen-bond acceptors (Lipinski definition) is 9. The van der Waals surface area contributed by atoms with E-state index in [1.165, 1.54) is 12.1 Å². The molecule has 1 aromatic carbocycles. The van der Waals surface area contributed by atoms with Crippen molar-refractivity contribution in [2.45, 2.75) is 0 Å². The van der Waals surface area contributed by atoms with E-state index in [0.717, 1.165) is 0 Å². The number of nitrogens with zero attached hydrogens (tertiary/aromatic N) is 4. The van der Waals surface area contributed by atoms with Crippen molar-refractivity contribution in [1.29, 1.82) is 0 Å². The van der Waals surface area contributed by atoms with Crippen LogP contribution in [0.15, 0.2) is 16.9 Å². The molecule has 0 atom stereocenters. The van der Waals surface area contributed by atoms with E-state index in [9.17, 15) is 24.5 Å². The number of H-pyrrole nitrogens is 1. The van der Waals surface area contributed by atoms with Crippen LogP contribution in [0.5, 0.6) is 0 Å². The Kier molecular flexibility index (Phi) is 7.17. The first-order valence-electron chi connectivity index (χ1n) is 9.68. The summed E-state index contributed by atoms with van der Waals surface area (Å²) in [6.45, 7) is 4.32. The van der Waals surface area contributed by atoms with Gasteiger partial charge >= 0.3 is 12.0 Å². The van der Waals surface area contributed by atoms with Gasteiger partial charge in [-0.25, -0.2) is 14.6 Å². The van der Waals surface area contributed by atoms with Crippen LogP contribution >= 0.6 is 0 Å². The summed E-state index contributed by atoms with van der Waals surface area (Å²) in [5, 5.41) is 20.3. The minimum absolute atomic E-state index is 0.115. The van der Waals surface area contributed by atoms with Crippen molar-refractivity contribution >= 4 is 34.4 Å². The van der Waals surface area contributed by atoms with Crippen molar-refractivity contribution in [3.63, 3.8) is 0 Å². The normalized spacial score (nSPS) is 16.2. The Hall–Kier alpha value is -3.78. The number of primary amides is 1. The van der Waals surface area contributed by atoms with Gasteiger partial charge in [-0.05, 0) is 6.07 Å². The number of fused-ring (bicyclic) bond motifs is 1. The van der Waals surface area contributed by atoms with Crippen LogP contribution < -0.4 is 16.2 Å². The maximum atomic E-state index is 11.6. The van der Waals surface area contributed by atoms with Crippen molar-refractivity contribution in [3.8, 4) is 0 Å². The molecule has 4 rings (SSSR count). The van der Waals surface area contributed by atoms with Crippen LogP contribution in [0, 0.1) is 10.1 Å². The summed E-state index contributed by atoms with van der Waals surface area (Å²) in [6, 6.07) is 2.26. The highest BCUT2D eigenvalue weighted by Crippen LogP contribution is 2.32. The predicted molar refractivity (Wildman–Crippen MR) is 111 cm³/mol. The summed E-state index contributed by atoms with van der Waals surface area (Å²) in [4.78, 5) is 53.3. The molecular formula is C18H22N6O8. The van der Waals surface area contributed by atoms with E-state index >= 15 is 0 Å². The van der Waals surface area contributed by atoms with Gasteiger partial charge in [-0.3, -0.25) is 14.9 Å². The number of aromatic nitrogens is 2. The number of benzene rings is 1. The van der Waals surface area contributed by atoms with E-state index in [1.807, 2.05) is 0 Å². The number of rotatable bonds is 3. The number of nitrogens with two attached hydrogens (primary N) is 1. The molecule has 172 valence electrons. The third kappa shape index (κ3) is 5.28. The number of morpholine rings is 2. The predicted octanol–water partition coefficient (Wildman–Crippen LogP) is -0.237. The summed E-state index contributed by atoms with van der Waals surface area (Å²) in [5.41, 5.74) is 3.87. The quantitative estimate of drug-likeness (QED) is 0.415. The zero-order valence-corrected chi connectivity index (χ0v) is 17.0. The number of urea groups is 1. The molecule has 2 aliphatic rings. The Balaban J connectivity index is 0.000000269. The standard InChI is InChI=1S/C13H12N4O6.C5H10N2O2/c18-12-11(13(19)20)14-7-5-9(16-1-3-23-4-2-16)10(17(21)22)6-8(7)15-12;6-5(8)7-1-3-9-4-2-7/h5-6H,1-4H2,(H,15,18)(H,19,20);1-4H2,(H2,6,8). The smallest absolute Gasteiger partial charge is 0.360 e. The van der Waals surface area contributed by atoms with Gasteiger partial charge in [0.15, 0.2) is 0 Å². The summed E-state index contributed by atoms with van der Waals surface area (Å²) >= 11 is 0. The molecule has 2 amide bonds. The fraction of sp³-hybridized carbons (Fsp3) is 0.444. The van der Waals surface area contributed by atoms with Gasteiger partial charge in [0.05, 0.1) is 42.4 Å². The number of carboxylic acids is 1. The molecule has 2 fully saturated rings. The number of carbonyl (C=O) groups is 2. The number of nitro benzene ring substituents is 1. The zero-order valence-electron chi connectivity index (χ0n) is 17.0. The zero-order chi connectivity index (χ0) is 23.3. The molecular weight excluding hydrogens is 428 g/mol. The number of carboxylic acid groups (broad SMARTS) is 1. The second kappa shape index (κ2) is 10.0. The van der Waals surface area contributed by atoms with E-state index in [4.69, 9.17) is 20.3 Å². The first-order valence-corrected chi connectivity index (χ1v) is 9.68. The molecule has 0 saturated carbocycles. The van der Waals surface area contributed by atoms with Gasteiger partial charge in [0, 0.05) is 32.2 Å². The molecule has 32 heavy (non-hydrogen) atoms. The molecule has 14 nitrogen and oxygen atoms in total. The molecule has 14 heteroatoms. The van der Waals surface area contributed by atoms with E-state index < -0.39 is 22.1 Å². The minimum Gasteiger partial charge on any atom is -0.476 e. The first kappa shape index (κ1) is 22.9. The maximum absolute atomic E-state index is 11.6. The number of aromatic carboxylic acids is 1. The van der Waals surface area contributed by atoms with Gasteiger partial charge in [0.1, 0.15) is 5.69 Å². The number of amides is 2. The second-order valence-electron chi connectivity index (χ2n) is 6.87. The number of anilines is 1. The van der Waals surface area contributed by atoms with Gasteiger partial charge < -0.3 is 35.1 Å². The van der Waals surface area contributed by atoms with Crippen LogP contribution in [0.25, 0.3) is 11.0 Å². The van der Waals surface area contributed by atoms with Gasteiger partial charge in [-0.2, -0.15) is 0 Å². The molecule has 3 heterocycles. The number of nitrogens with one attached hydrogen (secondary N) is 1. The fourth-order valence-electron chi connectivity index (χ4n) is 3.24. The number of aromatic amines is 1. The fourth-order valence-corrected chi connectivity index (χ4v) is 3.24. The van der Waals surface area contributed by atoms with Crippen molar-refractivity contribution in [2.75, 3.05) is 57.5 Å². The lowest BCUT2D eigenvalue weighted by molar-refractivity contribution is -0.384. The highest BCUT2D eigenvalue weighted by atomic mass is 16.6. The van der Waals surface area contributed by atoms with E-state index in [1.54, 1.807) is 9.80 Å². The summed E-state index contributed by atoms with van der Waals surface area (Å²) < 4.78 is 10.2. The number of carbonyl (C=O) groups excluding carboxylic acids is 1. The Morgan fingerprint density at radius 2 is 1.72 bits per heavy atom. The average Bonchev–Trinajstić information content (AvgIpc) is 2.79. The summed E-state index contributed by atoms with van der Waals surface area (Å²) in [6.07, 6.45) is 0. The van der Waals surface area contributed by atoms with E-state index in [2.05, 4.69) is 9.97 Å². The molecule has 0 unspecified atom stereocenters. The lowest BCUT2D eigenvalue weighted by Gasteiger charge is -2.28. The highest BCUT2D eigenvalue weighted by molar-refractivity contribution is 5.90. The molecule has 0 spiro atoms. The third-order valence-electron chi connectivity index (χ3n) is 4.86. The van der Waals surface area contributed by atoms with Crippen molar-refractivity contribution in [3.05, 3.63) is 38.3 Å². The lowest BCUT2D eigenvalue weighted by Crippen LogP contribution is -2.43. The number of hydrogen-bond donors (Lipinski definition) is 3. The molecule has 2 aromatic rings. The average molecular weight is 450 g/mol. The molecule has 0 aliphatic carbocycles. The van der Waals surface area contributed by atoms with Crippen molar-refractivity contribution in [2.24, 2.45) is 5.73 Å². The summed E-state index contributed by atoms with van der Waals surface area (Å²) in [7, 11) is 0. The van der Waals surface area contributed by atoms with Crippen LogP contribution in [-0.2, 0) is 9.47 Å². The van der Waals surface area contributed by atoms with Crippen molar-refractivity contribution in [1.82, 2.24) is 14.9 Å². The lowest BCUT2D eigenvalue weighted by atomic mass is 10.2. The Morgan fingerprint density at radius 1 is 1.12 bits per heavy atom. The van der Waals surface area contributed by atoms with Gasteiger partial charge in [-0.1, -0.05) is 0 Å². The minimum atomic E-state index is -1.46. The first-order chi connectivity index (χ1) is 15.3. The Bertz CT molecular complexity index is 1080. The Morgan fingerprint density at radius 3 is 2.22 bits per heavy atom. The van der Waals surface area contributed by atoms with Crippen LogP contribution in [0.2, 0.25) is 0 Å². The molecule has 2 aliphatic heterocycles. The molecule has 2 saturated heterocycles. The summed E-state index contributed by atoms with van der Waals surface area (Å²) in [5.74, 6) is -1.46. The van der Waals surface area contributed by atoms with Crippen LogP contribution in [0.1, 0.15) is 10.5 Å². The largest absolute Gasteiger partial charge is 0.476 e. The van der Waals surface area contributed by atoms with E-state index in [-0.39, 0.29) is 22.8 Å². The van der Waals surface area contributed by atoms with Crippen molar-refractivity contribution < 1.29 is 29.1 Å². The third-order valence-corrected chi connectivity index (χ3v) is 4.86. The Labute approximate surface area is 180 Å². The second-order valence-corrected chi connectivity index (χ2v) is 6.87. The van der Waals surface area contributed by atoms with Gasteiger partial charge in [0.2, 0.25) is 5.69 Å². The molecule has 0 bridgehead atoms. The van der Waals surface area contributed by atoms with Gasteiger partial charge in [0.25, 0.3) is 11.2 Å². The topological polar surface area (TPSA) is 194 Å². The molecule has 4 N–H and O–H groups in total. The van der Waals surface area contributed by atoms with Crippen LogP contribution in [-0.4, -0.2) is 89.5 Å².